The number of hydrogen-bond acceptors (Lipinski definition) is 2. The minimum absolute atomic E-state index is 0.161. The van der Waals surface area contributed by atoms with Crippen LogP contribution < -0.4 is 5.73 Å². The number of aromatic nitrogens is 1. The van der Waals surface area contributed by atoms with E-state index in [0.717, 1.165) is 6.42 Å². The predicted octanol–water partition coefficient (Wildman–Crippen LogP) is 2.69. The van der Waals surface area contributed by atoms with Crippen molar-refractivity contribution in [2.75, 3.05) is 0 Å². The monoisotopic (exact) mass is 204 g/mol. The standard InChI is InChI=1S/C13H20N2/c1-10-5-3-7-13(14,11(10)2)12-6-4-8-15-9-12/h4,6,8-11H,3,5,7,14H2,1-2H3. The van der Waals surface area contributed by atoms with Crippen molar-refractivity contribution in [3.05, 3.63) is 30.1 Å². The van der Waals surface area contributed by atoms with Crippen LogP contribution in [0, 0.1) is 11.8 Å². The quantitative estimate of drug-likeness (QED) is 0.764. The van der Waals surface area contributed by atoms with Gasteiger partial charge < -0.3 is 5.73 Å². The molecule has 2 N–H and O–H groups in total. The Balaban J connectivity index is 2.32. The highest BCUT2D eigenvalue weighted by Crippen LogP contribution is 2.42. The van der Waals surface area contributed by atoms with Gasteiger partial charge >= 0.3 is 0 Å². The van der Waals surface area contributed by atoms with Crippen LogP contribution in [-0.2, 0) is 5.54 Å². The van der Waals surface area contributed by atoms with Crippen molar-refractivity contribution in [2.45, 2.75) is 38.6 Å². The van der Waals surface area contributed by atoms with E-state index in [2.05, 4.69) is 24.9 Å². The number of nitrogens with zero attached hydrogens (tertiary/aromatic N) is 1. The van der Waals surface area contributed by atoms with Crippen LogP contribution in [0.5, 0.6) is 0 Å². The molecule has 0 aromatic carbocycles. The fourth-order valence-corrected chi connectivity index (χ4v) is 2.75. The molecule has 15 heavy (non-hydrogen) atoms. The molecule has 2 nitrogen and oxygen atoms in total. The highest BCUT2D eigenvalue weighted by atomic mass is 14.8. The molecule has 1 fully saturated rings. The molecule has 1 aromatic heterocycles. The van der Waals surface area contributed by atoms with Crippen molar-refractivity contribution < 1.29 is 0 Å². The van der Waals surface area contributed by atoms with Gasteiger partial charge in [0.25, 0.3) is 0 Å². The average Bonchev–Trinajstić information content (AvgIpc) is 2.27. The maximum absolute atomic E-state index is 6.57. The Bertz CT molecular complexity index is 323. The Morgan fingerprint density at radius 3 is 2.93 bits per heavy atom. The molecule has 1 heterocycles. The summed E-state index contributed by atoms with van der Waals surface area (Å²) in [4.78, 5) is 4.18. The van der Waals surface area contributed by atoms with Crippen LogP contribution in [-0.4, -0.2) is 4.98 Å². The van der Waals surface area contributed by atoms with E-state index in [1.54, 1.807) is 0 Å². The van der Waals surface area contributed by atoms with E-state index in [0.29, 0.717) is 11.8 Å². The van der Waals surface area contributed by atoms with Crippen LogP contribution in [0.2, 0.25) is 0 Å². The normalized spacial score (nSPS) is 36.5. The van der Waals surface area contributed by atoms with E-state index < -0.39 is 0 Å². The molecule has 0 aliphatic heterocycles. The molecule has 0 radical (unpaired) electrons. The van der Waals surface area contributed by atoms with Crippen molar-refractivity contribution in [3.8, 4) is 0 Å². The SMILES string of the molecule is CC1CCCC(N)(c2cccnc2)C1C. The first-order valence-electron chi connectivity index (χ1n) is 5.84. The van der Waals surface area contributed by atoms with E-state index in [1.807, 2.05) is 18.5 Å². The van der Waals surface area contributed by atoms with E-state index in [9.17, 15) is 0 Å². The molecule has 2 rings (SSSR count). The van der Waals surface area contributed by atoms with Gasteiger partial charge in [0, 0.05) is 17.9 Å². The lowest BCUT2D eigenvalue weighted by atomic mass is 9.66. The van der Waals surface area contributed by atoms with Crippen molar-refractivity contribution in [3.63, 3.8) is 0 Å². The van der Waals surface area contributed by atoms with Crippen LogP contribution in [0.4, 0.5) is 0 Å². The zero-order valence-corrected chi connectivity index (χ0v) is 9.61. The molecule has 1 saturated carbocycles. The first-order valence-corrected chi connectivity index (χ1v) is 5.84. The van der Waals surface area contributed by atoms with Gasteiger partial charge in [-0.15, -0.1) is 0 Å². The van der Waals surface area contributed by atoms with Crippen molar-refractivity contribution in [1.82, 2.24) is 4.98 Å². The molecule has 0 saturated heterocycles. The van der Waals surface area contributed by atoms with Gasteiger partial charge in [-0.25, -0.2) is 0 Å². The molecule has 2 heteroatoms. The molecular weight excluding hydrogens is 184 g/mol. The second-order valence-corrected chi connectivity index (χ2v) is 4.94. The van der Waals surface area contributed by atoms with Gasteiger partial charge in [-0.05, 0) is 29.9 Å². The van der Waals surface area contributed by atoms with E-state index >= 15 is 0 Å². The van der Waals surface area contributed by atoms with Crippen LogP contribution in [0.25, 0.3) is 0 Å². The summed E-state index contributed by atoms with van der Waals surface area (Å²) in [5.74, 6) is 1.25. The second-order valence-electron chi connectivity index (χ2n) is 4.94. The van der Waals surface area contributed by atoms with Gasteiger partial charge in [0.2, 0.25) is 0 Å². The average molecular weight is 204 g/mol. The van der Waals surface area contributed by atoms with Gasteiger partial charge in [0.05, 0.1) is 0 Å². The lowest BCUT2D eigenvalue weighted by Gasteiger charge is -2.43. The molecule has 1 aliphatic rings. The summed E-state index contributed by atoms with van der Waals surface area (Å²) in [6.45, 7) is 4.58. The number of hydrogen-bond donors (Lipinski definition) is 1. The Kier molecular flexibility index (Phi) is 2.79. The van der Waals surface area contributed by atoms with E-state index in [4.69, 9.17) is 5.73 Å². The van der Waals surface area contributed by atoms with Gasteiger partial charge in [0.15, 0.2) is 0 Å². The fraction of sp³-hybridized carbons (Fsp3) is 0.615. The van der Waals surface area contributed by atoms with Gasteiger partial charge in [-0.1, -0.05) is 32.8 Å². The Hall–Kier alpha value is -0.890. The molecule has 0 bridgehead atoms. The molecule has 3 atom stereocenters. The fourth-order valence-electron chi connectivity index (χ4n) is 2.75. The summed E-state index contributed by atoms with van der Waals surface area (Å²) >= 11 is 0. The van der Waals surface area contributed by atoms with Crippen molar-refractivity contribution in [1.29, 1.82) is 0 Å². The Morgan fingerprint density at radius 2 is 2.27 bits per heavy atom. The molecule has 0 spiro atoms. The highest BCUT2D eigenvalue weighted by molar-refractivity contribution is 5.22. The van der Waals surface area contributed by atoms with Crippen LogP contribution >= 0.6 is 0 Å². The van der Waals surface area contributed by atoms with E-state index in [-0.39, 0.29) is 5.54 Å². The first kappa shape index (κ1) is 10.6. The van der Waals surface area contributed by atoms with E-state index in [1.165, 1.54) is 18.4 Å². The maximum Gasteiger partial charge on any atom is 0.0453 e. The second kappa shape index (κ2) is 3.93. The molecule has 3 unspecified atom stereocenters. The number of pyridine rings is 1. The summed E-state index contributed by atoms with van der Waals surface area (Å²) in [5.41, 5.74) is 7.61. The third kappa shape index (κ3) is 1.78. The number of rotatable bonds is 1. The van der Waals surface area contributed by atoms with Crippen LogP contribution in [0.3, 0.4) is 0 Å². The zero-order chi connectivity index (χ0) is 10.9. The maximum atomic E-state index is 6.57. The Morgan fingerprint density at radius 1 is 1.47 bits per heavy atom. The minimum atomic E-state index is -0.161. The molecule has 1 aliphatic carbocycles. The van der Waals surface area contributed by atoms with Crippen molar-refractivity contribution in [2.24, 2.45) is 17.6 Å². The largest absolute Gasteiger partial charge is 0.321 e. The molecule has 0 amide bonds. The Labute approximate surface area is 91.9 Å². The third-order valence-corrected chi connectivity index (χ3v) is 4.12. The van der Waals surface area contributed by atoms with Crippen LogP contribution in [0.15, 0.2) is 24.5 Å². The molecular formula is C13H20N2. The third-order valence-electron chi connectivity index (χ3n) is 4.12. The van der Waals surface area contributed by atoms with Gasteiger partial charge in [-0.2, -0.15) is 0 Å². The minimum Gasteiger partial charge on any atom is -0.321 e. The lowest BCUT2D eigenvalue weighted by molar-refractivity contribution is 0.143. The predicted molar refractivity (Wildman–Crippen MR) is 62.3 cm³/mol. The molecule has 82 valence electrons. The van der Waals surface area contributed by atoms with Gasteiger partial charge in [0.1, 0.15) is 0 Å². The zero-order valence-electron chi connectivity index (χ0n) is 9.61. The summed E-state index contributed by atoms with van der Waals surface area (Å²) in [7, 11) is 0. The summed E-state index contributed by atoms with van der Waals surface area (Å²) in [6.07, 6.45) is 7.36. The van der Waals surface area contributed by atoms with Crippen LogP contribution in [0.1, 0.15) is 38.7 Å². The highest BCUT2D eigenvalue weighted by Gasteiger charge is 2.39. The number of nitrogens with two attached hydrogens (primary N) is 1. The summed E-state index contributed by atoms with van der Waals surface area (Å²) < 4.78 is 0. The smallest absolute Gasteiger partial charge is 0.0453 e. The lowest BCUT2D eigenvalue weighted by Crippen LogP contribution is -2.48. The van der Waals surface area contributed by atoms with Crippen molar-refractivity contribution >= 4 is 0 Å². The first-order chi connectivity index (χ1) is 7.14. The summed E-state index contributed by atoms with van der Waals surface area (Å²) in [6, 6.07) is 4.09. The molecule has 1 aromatic rings. The summed E-state index contributed by atoms with van der Waals surface area (Å²) in [5, 5.41) is 0. The topological polar surface area (TPSA) is 38.9 Å². The van der Waals surface area contributed by atoms with Gasteiger partial charge in [-0.3, -0.25) is 4.98 Å².